The third-order valence-corrected chi connectivity index (χ3v) is 3.64. The van der Waals surface area contributed by atoms with Crippen LogP contribution in [0.3, 0.4) is 0 Å². The Morgan fingerprint density at radius 2 is 2.05 bits per heavy atom. The number of anilines is 1. The minimum Gasteiger partial charge on any atom is -0.376 e. The first-order valence-corrected chi connectivity index (χ1v) is 6.55. The zero-order valence-electron chi connectivity index (χ0n) is 10.7. The van der Waals surface area contributed by atoms with Gasteiger partial charge in [0.05, 0.1) is 23.9 Å². The number of nitrogens with zero attached hydrogens (tertiary/aromatic N) is 1. The minimum atomic E-state index is -0.894. The number of benzene rings is 1. The molecule has 0 bridgehead atoms. The molecule has 6 heteroatoms. The molecule has 0 aliphatic carbocycles. The molecule has 0 aromatic heterocycles. The second-order valence-corrected chi connectivity index (χ2v) is 5.02. The number of carbonyl (C=O) groups is 2. The van der Waals surface area contributed by atoms with E-state index in [2.05, 4.69) is 0 Å². The summed E-state index contributed by atoms with van der Waals surface area (Å²) in [6.07, 6.45) is 2.48. The van der Waals surface area contributed by atoms with Crippen molar-refractivity contribution in [2.45, 2.75) is 25.4 Å². The topological polar surface area (TPSA) is 46.6 Å². The van der Waals surface area contributed by atoms with Crippen molar-refractivity contribution in [3.05, 3.63) is 29.3 Å². The Morgan fingerprint density at radius 3 is 2.75 bits per heavy atom. The van der Waals surface area contributed by atoms with Crippen molar-refractivity contribution in [2.24, 2.45) is 0 Å². The predicted molar refractivity (Wildman–Crippen MR) is 66.6 cm³/mol. The fourth-order valence-corrected chi connectivity index (χ4v) is 2.68. The molecule has 20 heavy (non-hydrogen) atoms. The summed E-state index contributed by atoms with van der Waals surface area (Å²) in [6.45, 7) is 0.722. The molecule has 1 atom stereocenters. The molecule has 1 fully saturated rings. The molecule has 4 nitrogen and oxygen atoms in total. The van der Waals surface area contributed by atoms with Gasteiger partial charge in [-0.05, 0) is 25.3 Å². The van der Waals surface area contributed by atoms with Crippen LogP contribution in [-0.2, 0) is 9.53 Å². The fourth-order valence-electron chi connectivity index (χ4n) is 2.68. The van der Waals surface area contributed by atoms with Gasteiger partial charge in [-0.15, -0.1) is 0 Å². The van der Waals surface area contributed by atoms with Crippen molar-refractivity contribution in [1.29, 1.82) is 0 Å². The van der Waals surface area contributed by atoms with Gasteiger partial charge in [0.2, 0.25) is 0 Å². The predicted octanol–water partition coefficient (Wildman–Crippen LogP) is 2.06. The van der Waals surface area contributed by atoms with Crippen molar-refractivity contribution in [1.82, 2.24) is 0 Å². The van der Waals surface area contributed by atoms with E-state index >= 15 is 0 Å². The first kappa shape index (κ1) is 13.2. The van der Waals surface area contributed by atoms with Gasteiger partial charge >= 0.3 is 0 Å². The Kier molecular flexibility index (Phi) is 3.25. The van der Waals surface area contributed by atoms with Gasteiger partial charge < -0.3 is 4.74 Å². The highest BCUT2D eigenvalue weighted by Gasteiger charge is 2.39. The third-order valence-electron chi connectivity index (χ3n) is 3.64. The van der Waals surface area contributed by atoms with Crippen LogP contribution < -0.4 is 4.90 Å². The first-order chi connectivity index (χ1) is 9.58. The van der Waals surface area contributed by atoms with E-state index in [0.29, 0.717) is 12.7 Å². The maximum Gasteiger partial charge on any atom is 0.299 e. The number of carbonyl (C=O) groups excluding carboxylic acids is 2. The van der Waals surface area contributed by atoms with E-state index in [1.807, 2.05) is 0 Å². The van der Waals surface area contributed by atoms with Crippen LogP contribution in [0.5, 0.6) is 0 Å². The van der Waals surface area contributed by atoms with Crippen molar-refractivity contribution in [3.8, 4) is 0 Å². The minimum absolute atomic E-state index is 0.125. The lowest BCUT2D eigenvalue weighted by molar-refractivity contribution is -0.114. The summed E-state index contributed by atoms with van der Waals surface area (Å²) in [4.78, 5) is 24.8. The number of rotatable bonds is 2. The van der Waals surface area contributed by atoms with Crippen molar-refractivity contribution in [2.75, 3.05) is 18.1 Å². The first-order valence-electron chi connectivity index (χ1n) is 6.55. The van der Waals surface area contributed by atoms with Crippen molar-refractivity contribution >= 4 is 17.4 Å². The molecule has 0 spiro atoms. The molecule has 0 saturated carbocycles. The van der Waals surface area contributed by atoms with Gasteiger partial charge in [-0.1, -0.05) is 0 Å². The maximum atomic E-state index is 13.9. The standard InChI is InChI=1S/C14H13F2NO3/c15-8-5-10-12(11(16)6-8)17(14(19)13(10)18)7-9-3-1-2-4-20-9/h5-6,9H,1-4,7H2. The zero-order valence-corrected chi connectivity index (χ0v) is 10.7. The normalized spacial score (nSPS) is 22.3. The Balaban J connectivity index is 1.93. The highest BCUT2D eigenvalue weighted by atomic mass is 19.1. The summed E-state index contributed by atoms with van der Waals surface area (Å²) >= 11 is 0. The Labute approximate surface area is 114 Å². The number of amides is 1. The molecule has 1 amide bonds. The average molecular weight is 281 g/mol. The molecule has 0 N–H and O–H groups in total. The highest BCUT2D eigenvalue weighted by molar-refractivity contribution is 6.52. The molecule has 2 aliphatic heterocycles. The van der Waals surface area contributed by atoms with Crippen LogP contribution in [0.25, 0.3) is 0 Å². The number of halogens is 2. The Bertz CT molecular complexity index is 582. The summed E-state index contributed by atoms with van der Waals surface area (Å²) < 4.78 is 32.5. The van der Waals surface area contributed by atoms with E-state index in [-0.39, 0.29) is 23.9 Å². The second-order valence-electron chi connectivity index (χ2n) is 5.02. The van der Waals surface area contributed by atoms with E-state index in [1.54, 1.807) is 0 Å². The van der Waals surface area contributed by atoms with E-state index in [1.165, 1.54) is 0 Å². The number of Topliss-reactive ketones (excluding diaryl/α,β-unsaturated/α-hetero) is 1. The van der Waals surface area contributed by atoms with Crippen LogP contribution in [-0.4, -0.2) is 30.9 Å². The number of ether oxygens (including phenoxy) is 1. The smallest absolute Gasteiger partial charge is 0.299 e. The van der Waals surface area contributed by atoms with E-state index in [0.717, 1.165) is 30.2 Å². The molecule has 0 radical (unpaired) electrons. The van der Waals surface area contributed by atoms with Crippen molar-refractivity contribution in [3.63, 3.8) is 0 Å². The molecule has 106 valence electrons. The lowest BCUT2D eigenvalue weighted by Gasteiger charge is -2.27. The second kappa shape index (κ2) is 4.94. The summed E-state index contributed by atoms with van der Waals surface area (Å²) in [5.74, 6) is -3.44. The lowest BCUT2D eigenvalue weighted by Crippen LogP contribution is -2.39. The average Bonchev–Trinajstić information content (AvgIpc) is 2.65. The Hall–Kier alpha value is -1.82. The molecule has 2 heterocycles. The van der Waals surface area contributed by atoms with Gasteiger partial charge in [-0.3, -0.25) is 14.5 Å². The van der Waals surface area contributed by atoms with Crippen molar-refractivity contribution < 1.29 is 23.1 Å². The summed E-state index contributed by atoms with van der Waals surface area (Å²) in [7, 11) is 0. The SMILES string of the molecule is O=C1C(=O)N(CC2CCCCO2)c2c(F)cc(F)cc21. The van der Waals surface area contributed by atoms with E-state index < -0.39 is 23.3 Å². The van der Waals surface area contributed by atoms with Crippen LogP contribution in [0, 0.1) is 11.6 Å². The summed E-state index contributed by atoms with van der Waals surface area (Å²) in [5.41, 5.74) is -0.334. The summed E-state index contributed by atoms with van der Waals surface area (Å²) in [6, 6.07) is 1.58. The van der Waals surface area contributed by atoms with E-state index in [4.69, 9.17) is 4.74 Å². The van der Waals surface area contributed by atoms with Crippen LogP contribution in [0.4, 0.5) is 14.5 Å². The molecule has 1 aromatic carbocycles. The molecular weight excluding hydrogens is 268 g/mol. The fraction of sp³-hybridized carbons (Fsp3) is 0.429. The van der Waals surface area contributed by atoms with Gasteiger partial charge in [-0.2, -0.15) is 0 Å². The summed E-state index contributed by atoms with van der Waals surface area (Å²) in [5, 5.41) is 0. The van der Waals surface area contributed by atoms with Gasteiger partial charge in [0, 0.05) is 12.7 Å². The Morgan fingerprint density at radius 1 is 1.25 bits per heavy atom. The molecular formula is C14H13F2NO3. The van der Waals surface area contributed by atoms with Gasteiger partial charge in [0.25, 0.3) is 11.7 Å². The zero-order chi connectivity index (χ0) is 14.3. The van der Waals surface area contributed by atoms with Crippen LogP contribution in [0.15, 0.2) is 12.1 Å². The lowest BCUT2D eigenvalue weighted by atomic mass is 10.1. The highest BCUT2D eigenvalue weighted by Crippen LogP contribution is 2.33. The number of fused-ring (bicyclic) bond motifs is 1. The van der Waals surface area contributed by atoms with Gasteiger partial charge in [0.1, 0.15) is 5.82 Å². The maximum absolute atomic E-state index is 13.9. The quantitative estimate of drug-likeness (QED) is 0.780. The molecule has 1 unspecified atom stereocenters. The third kappa shape index (κ3) is 2.10. The molecule has 2 aliphatic rings. The van der Waals surface area contributed by atoms with Gasteiger partial charge in [-0.25, -0.2) is 8.78 Å². The number of ketones is 1. The van der Waals surface area contributed by atoms with Crippen LogP contribution in [0.2, 0.25) is 0 Å². The van der Waals surface area contributed by atoms with E-state index in [9.17, 15) is 18.4 Å². The molecule has 1 aromatic rings. The van der Waals surface area contributed by atoms with Gasteiger partial charge in [0.15, 0.2) is 5.82 Å². The molecule has 3 rings (SSSR count). The van der Waals surface area contributed by atoms with Crippen LogP contribution >= 0.6 is 0 Å². The van der Waals surface area contributed by atoms with Crippen LogP contribution in [0.1, 0.15) is 29.6 Å². The molecule has 1 saturated heterocycles. The number of hydrogen-bond acceptors (Lipinski definition) is 3. The largest absolute Gasteiger partial charge is 0.376 e. The monoisotopic (exact) mass is 281 g/mol. The number of hydrogen-bond donors (Lipinski definition) is 0.